The average molecular weight is 296 g/mol. The van der Waals surface area contributed by atoms with Crippen molar-refractivity contribution in [2.24, 2.45) is 5.73 Å². The predicted molar refractivity (Wildman–Crippen MR) is 80.7 cm³/mol. The molecule has 2 nitrogen and oxygen atoms in total. The first-order valence-electron chi connectivity index (χ1n) is 6.00. The van der Waals surface area contributed by atoms with Gasteiger partial charge >= 0.3 is 0 Å². The van der Waals surface area contributed by atoms with E-state index in [2.05, 4.69) is 0 Å². The number of benzene rings is 2. The summed E-state index contributed by atoms with van der Waals surface area (Å²) < 4.78 is 0. The van der Waals surface area contributed by atoms with Crippen molar-refractivity contribution >= 4 is 23.2 Å². The maximum atomic E-state index is 8.94. The molecule has 100 valence electrons. The van der Waals surface area contributed by atoms with Crippen LogP contribution in [-0.4, -0.2) is 17.8 Å². The summed E-state index contributed by atoms with van der Waals surface area (Å²) >= 11 is 12.0. The van der Waals surface area contributed by atoms with Gasteiger partial charge in [-0.1, -0.05) is 47.5 Å². The van der Waals surface area contributed by atoms with Gasteiger partial charge in [0.1, 0.15) is 0 Å². The van der Waals surface area contributed by atoms with E-state index in [9.17, 15) is 0 Å². The fraction of sp³-hybridized carbons (Fsp3) is 0.200. The van der Waals surface area contributed by atoms with Crippen molar-refractivity contribution in [3.8, 4) is 11.1 Å². The van der Waals surface area contributed by atoms with E-state index in [0.717, 1.165) is 16.7 Å². The van der Waals surface area contributed by atoms with E-state index in [-0.39, 0.29) is 12.6 Å². The molecule has 4 heteroatoms. The van der Waals surface area contributed by atoms with Crippen molar-refractivity contribution < 1.29 is 5.11 Å². The van der Waals surface area contributed by atoms with E-state index in [1.54, 1.807) is 6.07 Å². The summed E-state index contributed by atoms with van der Waals surface area (Å²) in [6.45, 7) is -0.00828. The van der Waals surface area contributed by atoms with Crippen LogP contribution in [0, 0.1) is 0 Å². The van der Waals surface area contributed by atoms with Gasteiger partial charge in [0.05, 0.1) is 6.61 Å². The van der Waals surface area contributed by atoms with E-state index < -0.39 is 0 Å². The molecule has 3 N–H and O–H groups in total. The second kappa shape index (κ2) is 6.40. The summed E-state index contributed by atoms with van der Waals surface area (Å²) in [6, 6.07) is 13.2. The summed E-state index contributed by atoms with van der Waals surface area (Å²) in [5, 5.41) is 10.2. The van der Waals surface area contributed by atoms with Gasteiger partial charge in [-0.05, 0) is 41.3 Å². The standard InChI is InChI=1S/C15H15Cl2NO/c16-13-6-12(7-14(17)8-13)11-3-1-10(2-4-11)5-15(18)9-19/h1-4,6-8,15,19H,5,9,18H2. The SMILES string of the molecule is NC(CO)Cc1ccc(-c2cc(Cl)cc(Cl)c2)cc1. The average Bonchev–Trinajstić information content (AvgIpc) is 2.38. The molecule has 1 atom stereocenters. The molecular weight excluding hydrogens is 281 g/mol. The molecule has 0 aromatic heterocycles. The van der Waals surface area contributed by atoms with Gasteiger partial charge in [-0.15, -0.1) is 0 Å². The van der Waals surface area contributed by atoms with E-state index in [1.165, 1.54) is 0 Å². The molecule has 2 aromatic rings. The lowest BCUT2D eigenvalue weighted by molar-refractivity contribution is 0.265. The first kappa shape index (κ1) is 14.4. The van der Waals surface area contributed by atoms with Crippen LogP contribution in [0.25, 0.3) is 11.1 Å². The maximum absolute atomic E-state index is 8.94. The van der Waals surface area contributed by atoms with Crippen molar-refractivity contribution in [2.75, 3.05) is 6.61 Å². The van der Waals surface area contributed by atoms with Crippen molar-refractivity contribution in [3.63, 3.8) is 0 Å². The molecule has 0 saturated carbocycles. The predicted octanol–water partition coefficient (Wildman–Crippen LogP) is 3.52. The van der Waals surface area contributed by atoms with Gasteiger partial charge in [-0.3, -0.25) is 0 Å². The lowest BCUT2D eigenvalue weighted by Crippen LogP contribution is -2.26. The number of nitrogens with two attached hydrogens (primary N) is 1. The minimum absolute atomic E-state index is 0.00828. The normalized spacial score (nSPS) is 12.4. The summed E-state index contributed by atoms with van der Waals surface area (Å²) in [6.07, 6.45) is 0.660. The van der Waals surface area contributed by atoms with Crippen LogP contribution >= 0.6 is 23.2 Å². The van der Waals surface area contributed by atoms with Crippen LogP contribution in [0.1, 0.15) is 5.56 Å². The molecule has 0 spiro atoms. The second-order valence-electron chi connectivity index (χ2n) is 4.50. The molecule has 0 amide bonds. The van der Waals surface area contributed by atoms with Crippen LogP contribution < -0.4 is 5.73 Å². The second-order valence-corrected chi connectivity index (χ2v) is 5.37. The Bertz CT molecular complexity index is 534. The molecule has 0 bridgehead atoms. The Hall–Kier alpha value is -1.06. The molecule has 2 aromatic carbocycles. The Morgan fingerprint density at radius 1 is 0.947 bits per heavy atom. The van der Waals surface area contributed by atoms with Crippen molar-refractivity contribution in [2.45, 2.75) is 12.5 Å². The highest BCUT2D eigenvalue weighted by Crippen LogP contribution is 2.27. The molecule has 0 heterocycles. The highest BCUT2D eigenvalue weighted by molar-refractivity contribution is 6.35. The molecular formula is C15H15Cl2NO. The third-order valence-electron chi connectivity index (χ3n) is 2.88. The zero-order chi connectivity index (χ0) is 13.8. The molecule has 0 aliphatic carbocycles. The minimum Gasteiger partial charge on any atom is -0.395 e. The van der Waals surface area contributed by atoms with Gasteiger partial charge in [0.15, 0.2) is 0 Å². The van der Waals surface area contributed by atoms with E-state index in [0.29, 0.717) is 16.5 Å². The first-order chi connectivity index (χ1) is 9.08. The lowest BCUT2D eigenvalue weighted by Gasteiger charge is -2.09. The van der Waals surface area contributed by atoms with Gasteiger partial charge in [0.25, 0.3) is 0 Å². The number of aliphatic hydroxyl groups excluding tert-OH is 1. The highest BCUT2D eigenvalue weighted by Gasteiger charge is 2.04. The van der Waals surface area contributed by atoms with Gasteiger partial charge in [-0.25, -0.2) is 0 Å². The highest BCUT2D eigenvalue weighted by atomic mass is 35.5. The third-order valence-corrected chi connectivity index (χ3v) is 3.32. The third kappa shape index (κ3) is 3.95. The smallest absolute Gasteiger partial charge is 0.0585 e. The number of halogens is 2. The zero-order valence-corrected chi connectivity index (χ0v) is 11.8. The van der Waals surface area contributed by atoms with E-state index >= 15 is 0 Å². The van der Waals surface area contributed by atoms with Gasteiger partial charge in [-0.2, -0.15) is 0 Å². The number of rotatable bonds is 4. The number of hydrogen-bond donors (Lipinski definition) is 2. The van der Waals surface area contributed by atoms with Crippen molar-refractivity contribution in [1.29, 1.82) is 0 Å². The molecule has 1 unspecified atom stereocenters. The maximum Gasteiger partial charge on any atom is 0.0585 e. The van der Waals surface area contributed by atoms with Gasteiger partial charge in [0.2, 0.25) is 0 Å². The van der Waals surface area contributed by atoms with Crippen LogP contribution in [0.2, 0.25) is 10.0 Å². The Morgan fingerprint density at radius 3 is 2.05 bits per heavy atom. The lowest BCUT2D eigenvalue weighted by atomic mass is 10.0. The Balaban J connectivity index is 2.22. The van der Waals surface area contributed by atoms with Crippen LogP contribution in [0.4, 0.5) is 0 Å². The molecule has 19 heavy (non-hydrogen) atoms. The van der Waals surface area contributed by atoms with Crippen LogP contribution in [0.3, 0.4) is 0 Å². The van der Waals surface area contributed by atoms with Gasteiger partial charge in [0, 0.05) is 16.1 Å². The van der Waals surface area contributed by atoms with E-state index in [1.807, 2.05) is 36.4 Å². The topological polar surface area (TPSA) is 46.2 Å². The van der Waals surface area contributed by atoms with Crippen molar-refractivity contribution in [3.05, 3.63) is 58.1 Å². The fourth-order valence-corrected chi connectivity index (χ4v) is 2.45. The number of aliphatic hydroxyl groups is 1. The Morgan fingerprint density at radius 2 is 1.53 bits per heavy atom. The number of hydrogen-bond acceptors (Lipinski definition) is 2. The first-order valence-corrected chi connectivity index (χ1v) is 6.76. The summed E-state index contributed by atoms with van der Waals surface area (Å²) in [5.41, 5.74) is 8.83. The van der Waals surface area contributed by atoms with Crippen LogP contribution in [0.15, 0.2) is 42.5 Å². The molecule has 0 aliphatic rings. The monoisotopic (exact) mass is 295 g/mol. The fourth-order valence-electron chi connectivity index (χ4n) is 1.92. The van der Waals surface area contributed by atoms with Crippen LogP contribution in [-0.2, 0) is 6.42 Å². The molecule has 2 rings (SSSR count). The Kier molecular flexibility index (Phi) is 4.83. The summed E-state index contributed by atoms with van der Waals surface area (Å²) in [5.74, 6) is 0. The quantitative estimate of drug-likeness (QED) is 0.906. The molecule has 0 radical (unpaired) electrons. The molecule has 0 aliphatic heterocycles. The van der Waals surface area contributed by atoms with E-state index in [4.69, 9.17) is 34.0 Å². The van der Waals surface area contributed by atoms with Gasteiger partial charge < -0.3 is 10.8 Å². The Labute approximate surface area is 122 Å². The zero-order valence-electron chi connectivity index (χ0n) is 10.3. The molecule has 0 saturated heterocycles. The minimum atomic E-state index is -0.216. The van der Waals surface area contributed by atoms with Crippen molar-refractivity contribution in [1.82, 2.24) is 0 Å². The van der Waals surface area contributed by atoms with Crippen LogP contribution in [0.5, 0.6) is 0 Å². The summed E-state index contributed by atoms with van der Waals surface area (Å²) in [7, 11) is 0. The summed E-state index contributed by atoms with van der Waals surface area (Å²) in [4.78, 5) is 0. The molecule has 0 fully saturated rings. The largest absolute Gasteiger partial charge is 0.395 e.